The third-order valence-electron chi connectivity index (χ3n) is 4.53. The van der Waals surface area contributed by atoms with Gasteiger partial charge in [-0.2, -0.15) is 0 Å². The van der Waals surface area contributed by atoms with Gasteiger partial charge in [-0.15, -0.1) is 0 Å². The van der Waals surface area contributed by atoms with E-state index < -0.39 is 0 Å². The highest BCUT2D eigenvalue weighted by molar-refractivity contribution is 5.98. The standard InChI is InChI=1S/C23H18N2O/c1-16-21(8-5-11-24-16)23(26)13-17-9-10-19-14-20(15-25-22(19)12-17)18-6-3-2-4-7-18/h2-12,14-15H,13H2,1H3. The van der Waals surface area contributed by atoms with Crippen LogP contribution in [-0.4, -0.2) is 15.8 Å². The lowest BCUT2D eigenvalue weighted by atomic mass is 10.00. The number of carbonyl (C=O) groups is 1. The quantitative estimate of drug-likeness (QED) is 0.490. The van der Waals surface area contributed by atoms with Crippen molar-refractivity contribution in [3.8, 4) is 11.1 Å². The first-order valence-corrected chi connectivity index (χ1v) is 8.59. The number of benzene rings is 2. The summed E-state index contributed by atoms with van der Waals surface area (Å²) in [5.41, 5.74) is 5.55. The number of fused-ring (bicyclic) bond motifs is 1. The molecule has 0 N–H and O–H groups in total. The minimum absolute atomic E-state index is 0.0795. The highest BCUT2D eigenvalue weighted by Gasteiger charge is 2.11. The summed E-state index contributed by atoms with van der Waals surface area (Å²) in [6.07, 6.45) is 3.94. The fourth-order valence-electron chi connectivity index (χ4n) is 3.12. The van der Waals surface area contributed by atoms with Crippen LogP contribution < -0.4 is 0 Å². The SMILES string of the molecule is Cc1ncccc1C(=O)Cc1ccc2cc(-c3ccccc3)cnc2c1. The number of rotatable bonds is 4. The number of pyridine rings is 2. The van der Waals surface area contributed by atoms with Crippen LogP contribution in [0.2, 0.25) is 0 Å². The average Bonchev–Trinajstić information content (AvgIpc) is 2.68. The van der Waals surface area contributed by atoms with Gasteiger partial charge in [0.2, 0.25) is 0 Å². The van der Waals surface area contributed by atoms with Gasteiger partial charge < -0.3 is 0 Å². The molecular formula is C23H18N2O. The van der Waals surface area contributed by atoms with Crippen molar-refractivity contribution in [2.45, 2.75) is 13.3 Å². The predicted octanol–water partition coefficient (Wildman–Crippen LogP) is 5.03. The summed E-state index contributed by atoms with van der Waals surface area (Å²) >= 11 is 0. The molecule has 3 heteroatoms. The Balaban J connectivity index is 1.62. The second-order valence-electron chi connectivity index (χ2n) is 6.35. The molecule has 0 saturated carbocycles. The van der Waals surface area contributed by atoms with Gasteiger partial charge in [-0.25, -0.2) is 0 Å². The van der Waals surface area contributed by atoms with E-state index in [-0.39, 0.29) is 5.78 Å². The Hall–Kier alpha value is -3.33. The number of hydrogen-bond acceptors (Lipinski definition) is 3. The summed E-state index contributed by atoms with van der Waals surface area (Å²) in [6, 6.07) is 22.0. The Labute approximate surface area is 152 Å². The minimum atomic E-state index is 0.0795. The summed E-state index contributed by atoms with van der Waals surface area (Å²) < 4.78 is 0. The van der Waals surface area contributed by atoms with Gasteiger partial charge in [-0.05, 0) is 42.3 Å². The van der Waals surface area contributed by atoms with E-state index in [9.17, 15) is 4.79 Å². The Morgan fingerprint density at radius 2 is 1.73 bits per heavy atom. The fourth-order valence-corrected chi connectivity index (χ4v) is 3.12. The first-order valence-electron chi connectivity index (χ1n) is 8.59. The van der Waals surface area contributed by atoms with E-state index in [1.807, 2.05) is 55.6 Å². The van der Waals surface area contributed by atoms with Crippen molar-refractivity contribution < 1.29 is 4.79 Å². The molecule has 2 aromatic heterocycles. The average molecular weight is 338 g/mol. The number of carbonyl (C=O) groups excluding carboxylic acids is 1. The molecule has 0 atom stereocenters. The summed E-state index contributed by atoms with van der Waals surface area (Å²) in [7, 11) is 0. The number of aromatic nitrogens is 2. The van der Waals surface area contributed by atoms with Crippen LogP contribution in [0.4, 0.5) is 0 Å². The molecule has 26 heavy (non-hydrogen) atoms. The third-order valence-corrected chi connectivity index (χ3v) is 4.53. The van der Waals surface area contributed by atoms with Crippen LogP contribution in [0, 0.1) is 6.92 Å². The molecule has 126 valence electrons. The smallest absolute Gasteiger partial charge is 0.169 e. The summed E-state index contributed by atoms with van der Waals surface area (Å²) in [4.78, 5) is 21.3. The molecule has 4 rings (SSSR count). The van der Waals surface area contributed by atoms with Crippen LogP contribution in [0.5, 0.6) is 0 Å². The molecule has 0 saturated heterocycles. The zero-order valence-electron chi connectivity index (χ0n) is 14.5. The number of hydrogen-bond donors (Lipinski definition) is 0. The number of nitrogens with zero attached hydrogens (tertiary/aromatic N) is 2. The van der Waals surface area contributed by atoms with Crippen LogP contribution in [0.25, 0.3) is 22.0 Å². The maximum Gasteiger partial charge on any atom is 0.169 e. The third kappa shape index (κ3) is 3.24. The second-order valence-corrected chi connectivity index (χ2v) is 6.35. The van der Waals surface area contributed by atoms with Crippen molar-refractivity contribution in [2.75, 3.05) is 0 Å². The summed E-state index contributed by atoms with van der Waals surface area (Å²) in [5.74, 6) is 0.0795. The molecule has 0 bridgehead atoms. The van der Waals surface area contributed by atoms with E-state index in [4.69, 9.17) is 0 Å². The molecular weight excluding hydrogens is 320 g/mol. The summed E-state index contributed by atoms with van der Waals surface area (Å²) in [5, 5.41) is 1.07. The molecule has 3 nitrogen and oxygen atoms in total. The van der Waals surface area contributed by atoms with E-state index in [1.165, 1.54) is 0 Å². The zero-order chi connectivity index (χ0) is 17.9. The monoisotopic (exact) mass is 338 g/mol. The van der Waals surface area contributed by atoms with Crippen molar-refractivity contribution in [1.82, 2.24) is 9.97 Å². The van der Waals surface area contributed by atoms with E-state index >= 15 is 0 Å². The molecule has 0 aliphatic carbocycles. The number of aryl methyl sites for hydroxylation is 1. The maximum atomic E-state index is 12.5. The molecule has 0 aliphatic heterocycles. The first kappa shape index (κ1) is 16.2. The Bertz CT molecular complexity index is 1090. The Morgan fingerprint density at radius 1 is 0.885 bits per heavy atom. The highest BCUT2D eigenvalue weighted by Crippen LogP contribution is 2.23. The lowest BCUT2D eigenvalue weighted by Gasteiger charge is -2.07. The highest BCUT2D eigenvalue weighted by atomic mass is 16.1. The van der Waals surface area contributed by atoms with E-state index in [0.717, 1.165) is 33.3 Å². The Morgan fingerprint density at radius 3 is 2.54 bits per heavy atom. The van der Waals surface area contributed by atoms with Gasteiger partial charge >= 0.3 is 0 Å². The maximum absolute atomic E-state index is 12.5. The molecule has 2 heterocycles. The van der Waals surface area contributed by atoms with Crippen LogP contribution >= 0.6 is 0 Å². The van der Waals surface area contributed by atoms with Gasteiger partial charge in [0.15, 0.2) is 5.78 Å². The van der Waals surface area contributed by atoms with Gasteiger partial charge in [0.1, 0.15) is 0 Å². The van der Waals surface area contributed by atoms with Crippen molar-refractivity contribution in [1.29, 1.82) is 0 Å². The predicted molar refractivity (Wildman–Crippen MR) is 104 cm³/mol. The molecule has 0 unspecified atom stereocenters. The zero-order valence-corrected chi connectivity index (χ0v) is 14.5. The molecule has 0 radical (unpaired) electrons. The van der Waals surface area contributed by atoms with Crippen LogP contribution in [0.15, 0.2) is 79.1 Å². The van der Waals surface area contributed by atoms with E-state index in [1.54, 1.807) is 12.3 Å². The van der Waals surface area contributed by atoms with Gasteiger partial charge in [-0.1, -0.05) is 42.5 Å². The summed E-state index contributed by atoms with van der Waals surface area (Å²) in [6.45, 7) is 1.86. The van der Waals surface area contributed by atoms with Gasteiger partial charge in [0.05, 0.1) is 5.52 Å². The molecule has 0 aliphatic rings. The van der Waals surface area contributed by atoms with Crippen LogP contribution in [0.1, 0.15) is 21.6 Å². The second kappa shape index (κ2) is 6.89. The van der Waals surface area contributed by atoms with Crippen molar-refractivity contribution in [3.63, 3.8) is 0 Å². The van der Waals surface area contributed by atoms with Crippen LogP contribution in [-0.2, 0) is 6.42 Å². The lowest BCUT2D eigenvalue weighted by molar-refractivity contribution is 0.0992. The minimum Gasteiger partial charge on any atom is -0.294 e. The lowest BCUT2D eigenvalue weighted by Crippen LogP contribution is -2.06. The van der Waals surface area contributed by atoms with Crippen molar-refractivity contribution in [3.05, 3.63) is 95.9 Å². The molecule has 0 spiro atoms. The van der Waals surface area contributed by atoms with Crippen molar-refractivity contribution >= 4 is 16.7 Å². The number of Topliss-reactive ketones (excluding diaryl/α,β-unsaturated/α-hetero) is 1. The number of ketones is 1. The van der Waals surface area contributed by atoms with E-state index in [0.29, 0.717) is 12.0 Å². The molecule has 0 fully saturated rings. The van der Waals surface area contributed by atoms with Gasteiger partial charge in [0.25, 0.3) is 0 Å². The van der Waals surface area contributed by atoms with Crippen molar-refractivity contribution in [2.24, 2.45) is 0 Å². The topological polar surface area (TPSA) is 42.9 Å². The van der Waals surface area contributed by atoms with Gasteiger partial charge in [-0.3, -0.25) is 14.8 Å². The molecule has 0 amide bonds. The van der Waals surface area contributed by atoms with E-state index in [2.05, 4.69) is 28.2 Å². The van der Waals surface area contributed by atoms with Crippen LogP contribution in [0.3, 0.4) is 0 Å². The molecule has 2 aromatic carbocycles. The molecule has 4 aromatic rings. The fraction of sp³-hybridized carbons (Fsp3) is 0.0870. The Kier molecular flexibility index (Phi) is 4.28. The normalized spacial score (nSPS) is 10.8. The largest absolute Gasteiger partial charge is 0.294 e. The van der Waals surface area contributed by atoms with Gasteiger partial charge in [0, 0.05) is 41.0 Å². The first-order chi connectivity index (χ1) is 12.7.